The Morgan fingerprint density at radius 1 is 1.15 bits per heavy atom. The van der Waals surface area contributed by atoms with E-state index in [-0.39, 0.29) is 5.56 Å². The highest BCUT2D eigenvalue weighted by molar-refractivity contribution is 7.99. The molecule has 0 saturated carbocycles. The molecule has 0 radical (unpaired) electrons. The van der Waals surface area contributed by atoms with E-state index in [1.807, 2.05) is 48.5 Å². The number of hydrogen-bond acceptors (Lipinski definition) is 4. The van der Waals surface area contributed by atoms with Gasteiger partial charge in [0.25, 0.3) is 5.56 Å². The lowest BCUT2D eigenvalue weighted by molar-refractivity contribution is 0.414. The first-order valence-electron chi connectivity index (χ1n) is 8.53. The lowest BCUT2D eigenvalue weighted by Gasteiger charge is -2.12. The normalized spacial score (nSPS) is 11.3. The summed E-state index contributed by atoms with van der Waals surface area (Å²) < 4.78 is 6.90. The van der Waals surface area contributed by atoms with Gasteiger partial charge in [0.2, 0.25) is 0 Å². The van der Waals surface area contributed by atoms with Gasteiger partial charge in [-0.05, 0) is 36.8 Å². The Hall–Kier alpha value is -2.73. The maximum Gasteiger partial charge on any atom is 0.283 e. The Bertz CT molecular complexity index is 1130. The van der Waals surface area contributed by atoms with E-state index in [0.717, 1.165) is 40.0 Å². The molecule has 2 aromatic carbocycles. The molecule has 26 heavy (non-hydrogen) atoms. The average Bonchev–Trinajstić information content (AvgIpc) is 3.06. The largest absolute Gasteiger partial charge is 0.497 e. The van der Waals surface area contributed by atoms with Crippen molar-refractivity contribution in [1.29, 1.82) is 0 Å². The molecule has 6 heteroatoms. The van der Waals surface area contributed by atoms with Crippen LogP contribution in [0.1, 0.15) is 13.3 Å². The SMILES string of the molecule is CCCSc1nc2c([nH]c3ccccc32)c(=O)n1-c1ccc(OC)cc1. The number of ether oxygens (including phenoxy) is 1. The van der Waals surface area contributed by atoms with Gasteiger partial charge in [-0.15, -0.1) is 0 Å². The minimum Gasteiger partial charge on any atom is -0.497 e. The molecule has 0 unspecified atom stereocenters. The Balaban J connectivity index is 2.00. The number of aromatic amines is 1. The number of hydrogen-bond donors (Lipinski definition) is 1. The summed E-state index contributed by atoms with van der Waals surface area (Å²) in [6.07, 6.45) is 1.01. The van der Waals surface area contributed by atoms with Crippen LogP contribution in [0.15, 0.2) is 58.5 Å². The number of nitrogens with zero attached hydrogens (tertiary/aromatic N) is 2. The molecule has 132 valence electrons. The maximum absolute atomic E-state index is 13.3. The monoisotopic (exact) mass is 365 g/mol. The summed E-state index contributed by atoms with van der Waals surface area (Å²) >= 11 is 1.60. The summed E-state index contributed by atoms with van der Waals surface area (Å²) in [5.74, 6) is 1.65. The quantitative estimate of drug-likeness (QED) is 0.421. The zero-order valence-corrected chi connectivity index (χ0v) is 15.5. The van der Waals surface area contributed by atoms with Crippen LogP contribution >= 0.6 is 11.8 Å². The van der Waals surface area contributed by atoms with Crippen molar-refractivity contribution in [2.24, 2.45) is 0 Å². The fourth-order valence-corrected chi connectivity index (χ4v) is 3.85. The third-order valence-electron chi connectivity index (χ3n) is 4.26. The molecule has 0 saturated heterocycles. The average molecular weight is 365 g/mol. The highest BCUT2D eigenvalue weighted by Gasteiger charge is 2.16. The molecule has 0 fully saturated rings. The van der Waals surface area contributed by atoms with E-state index in [1.54, 1.807) is 23.4 Å². The van der Waals surface area contributed by atoms with Crippen molar-refractivity contribution < 1.29 is 4.74 Å². The van der Waals surface area contributed by atoms with Crippen LogP contribution in [0, 0.1) is 0 Å². The summed E-state index contributed by atoms with van der Waals surface area (Å²) in [5.41, 5.74) is 2.88. The summed E-state index contributed by atoms with van der Waals surface area (Å²) in [7, 11) is 1.63. The van der Waals surface area contributed by atoms with Crippen molar-refractivity contribution in [3.8, 4) is 11.4 Å². The second-order valence-corrected chi connectivity index (χ2v) is 7.04. The highest BCUT2D eigenvalue weighted by Crippen LogP contribution is 2.27. The molecule has 0 spiro atoms. The van der Waals surface area contributed by atoms with Crippen LogP contribution in [-0.2, 0) is 0 Å². The molecular formula is C20H19N3O2S. The van der Waals surface area contributed by atoms with E-state index in [9.17, 15) is 4.79 Å². The van der Waals surface area contributed by atoms with Gasteiger partial charge in [-0.2, -0.15) is 0 Å². The predicted octanol–water partition coefficient (Wildman–Crippen LogP) is 4.38. The molecule has 0 aliphatic rings. The zero-order chi connectivity index (χ0) is 18.1. The summed E-state index contributed by atoms with van der Waals surface area (Å²) in [4.78, 5) is 21.4. The number of H-pyrrole nitrogens is 1. The molecule has 2 heterocycles. The second kappa shape index (κ2) is 6.88. The number of thioether (sulfide) groups is 1. The van der Waals surface area contributed by atoms with E-state index < -0.39 is 0 Å². The molecule has 5 nitrogen and oxygen atoms in total. The highest BCUT2D eigenvalue weighted by atomic mass is 32.2. The first-order valence-corrected chi connectivity index (χ1v) is 9.52. The second-order valence-electron chi connectivity index (χ2n) is 5.98. The fraction of sp³-hybridized carbons (Fsp3) is 0.200. The molecule has 4 aromatic rings. The van der Waals surface area contributed by atoms with E-state index in [0.29, 0.717) is 10.7 Å². The molecule has 0 amide bonds. The van der Waals surface area contributed by atoms with Crippen LogP contribution in [0.25, 0.3) is 27.6 Å². The van der Waals surface area contributed by atoms with Gasteiger partial charge in [-0.1, -0.05) is 36.9 Å². The topological polar surface area (TPSA) is 59.9 Å². The van der Waals surface area contributed by atoms with E-state index in [2.05, 4.69) is 11.9 Å². The lowest BCUT2D eigenvalue weighted by atomic mass is 10.2. The molecule has 0 atom stereocenters. The predicted molar refractivity (Wildman–Crippen MR) is 107 cm³/mol. The molecule has 4 rings (SSSR count). The minimum absolute atomic E-state index is 0.0880. The number of nitrogens with one attached hydrogen (secondary N) is 1. The van der Waals surface area contributed by atoms with Crippen LogP contribution in [0.5, 0.6) is 5.75 Å². The van der Waals surface area contributed by atoms with Crippen molar-refractivity contribution in [1.82, 2.24) is 14.5 Å². The van der Waals surface area contributed by atoms with Gasteiger partial charge >= 0.3 is 0 Å². The van der Waals surface area contributed by atoms with Crippen molar-refractivity contribution in [3.05, 3.63) is 58.9 Å². The van der Waals surface area contributed by atoms with Gasteiger partial charge in [-0.25, -0.2) is 4.98 Å². The van der Waals surface area contributed by atoms with Gasteiger partial charge in [0.1, 0.15) is 16.8 Å². The van der Waals surface area contributed by atoms with Crippen LogP contribution in [0.4, 0.5) is 0 Å². The first kappa shape index (κ1) is 16.7. The summed E-state index contributed by atoms with van der Waals surface area (Å²) in [6.45, 7) is 2.12. The van der Waals surface area contributed by atoms with E-state index in [4.69, 9.17) is 9.72 Å². The Morgan fingerprint density at radius 2 is 1.92 bits per heavy atom. The van der Waals surface area contributed by atoms with Crippen LogP contribution in [0.2, 0.25) is 0 Å². The number of fused-ring (bicyclic) bond motifs is 3. The molecular weight excluding hydrogens is 346 g/mol. The molecule has 2 aromatic heterocycles. The van der Waals surface area contributed by atoms with Crippen LogP contribution in [0.3, 0.4) is 0 Å². The van der Waals surface area contributed by atoms with Crippen molar-refractivity contribution in [2.75, 3.05) is 12.9 Å². The molecule has 0 aliphatic heterocycles. The Labute approximate surface area is 155 Å². The molecule has 0 aliphatic carbocycles. The third kappa shape index (κ3) is 2.76. The minimum atomic E-state index is -0.0880. The van der Waals surface area contributed by atoms with Crippen LogP contribution in [-0.4, -0.2) is 27.4 Å². The number of benzene rings is 2. The van der Waals surface area contributed by atoms with Crippen molar-refractivity contribution in [2.45, 2.75) is 18.5 Å². The number of rotatable bonds is 5. The van der Waals surface area contributed by atoms with Gasteiger partial charge in [0.05, 0.1) is 12.8 Å². The smallest absolute Gasteiger partial charge is 0.283 e. The first-order chi connectivity index (χ1) is 12.7. The Morgan fingerprint density at radius 3 is 2.65 bits per heavy atom. The van der Waals surface area contributed by atoms with Crippen molar-refractivity contribution in [3.63, 3.8) is 0 Å². The number of aromatic nitrogens is 3. The van der Waals surface area contributed by atoms with Crippen molar-refractivity contribution >= 4 is 33.7 Å². The van der Waals surface area contributed by atoms with Gasteiger partial charge in [-0.3, -0.25) is 9.36 Å². The summed E-state index contributed by atoms with van der Waals surface area (Å²) in [5, 5.41) is 1.68. The molecule has 0 bridgehead atoms. The number of methoxy groups -OCH3 is 1. The van der Waals surface area contributed by atoms with Gasteiger partial charge in [0.15, 0.2) is 5.16 Å². The van der Waals surface area contributed by atoms with Crippen LogP contribution < -0.4 is 10.3 Å². The maximum atomic E-state index is 13.3. The summed E-state index contributed by atoms with van der Waals surface area (Å²) in [6, 6.07) is 15.3. The third-order valence-corrected chi connectivity index (χ3v) is 5.40. The molecule has 1 N–H and O–H groups in total. The van der Waals surface area contributed by atoms with E-state index in [1.165, 1.54) is 0 Å². The Kier molecular flexibility index (Phi) is 4.42. The lowest BCUT2D eigenvalue weighted by Crippen LogP contribution is -2.21. The standard InChI is InChI=1S/C20H19N3O2S/c1-3-12-26-20-22-17-15-6-4-5-7-16(15)21-18(17)19(24)23(20)13-8-10-14(25-2)11-9-13/h4-11,21H,3,12H2,1-2H3. The van der Waals surface area contributed by atoms with Gasteiger partial charge in [0, 0.05) is 16.7 Å². The van der Waals surface area contributed by atoms with Gasteiger partial charge < -0.3 is 9.72 Å². The fourth-order valence-electron chi connectivity index (χ4n) is 2.99. The van der Waals surface area contributed by atoms with E-state index >= 15 is 0 Å². The zero-order valence-electron chi connectivity index (χ0n) is 14.7. The number of para-hydroxylation sites is 1.